The molecule has 1 heterocycles. The van der Waals surface area contributed by atoms with Crippen molar-refractivity contribution in [3.63, 3.8) is 0 Å². The van der Waals surface area contributed by atoms with Crippen molar-refractivity contribution in [3.05, 3.63) is 23.8 Å². The summed E-state index contributed by atoms with van der Waals surface area (Å²) in [6, 6.07) is 3.81. The fourth-order valence-electron chi connectivity index (χ4n) is 2.32. The SMILES string of the molecule is CN1CC(C)(C)C(=O)Nc2cccc(C(F)(F)F)c21. The molecule has 104 valence electrons. The van der Waals surface area contributed by atoms with Crippen LogP contribution in [0.1, 0.15) is 19.4 Å². The van der Waals surface area contributed by atoms with E-state index in [2.05, 4.69) is 5.32 Å². The van der Waals surface area contributed by atoms with Crippen LogP contribution in [0.3, 0.4) is 0 Å². The first-order valence-corrected chi connectivity index (χ1v) is 5.86. The highest BCUT2D eigenvalue weighted by Crippen LogP contribution is 2.43. The Labute approximate surface area is 109 Å². The van der Waals surface area contributed by atoms with Gasteiger partial charge in [0, 0.05) is 13.6 Å². The van der Waals surface area contributed by atoms with Crippen molar-refractivity contribution in [2.75, 3.05) is 23.8 Å². The van der Waals surface area contributed by atoms with E-state index in [4.69, 9.17) is 0 Å². The molecule has 0 fully saturated rings. The van der Waals surface area contributed by atoms with E-state index in [1.807, 2.05) is 0 Å². The lowest BCUT2D eigenvalue weighted by molar-refractivity contribution is -0.137. The van der Waals surface area contributed by atoms with Crippen LogP contribution in [-0.2, 0) is 11.0 Å². The molecule has 0 spiro atoms. The molecule has 0 radical (unpaired) electrons. The number of carbonyl (C=O) groups excluding carboxylic acids is 1. The molecule has 1 aromatic rings. The van der Waals surface area contributed by atoms with Crippen LogP contribution in [0.4, 0.5) is 24.5 Å². The smallest absolute Gasteiger partial charge is 0.371 e. The number of fused-ring (bicyclic) bond motifs is 1. The molecule has 0 atom stereocenters. The molecule has 2 rings (SSSR count). The highest BCUT2D eigenvalue weighted by molar-refractivity contribution is 6.00. The van der Waals surface area contributed by atoms with Crippen molar-refractivity contribution >= 4 is 17.3 Å². The van der Waals surface area contributed by atoms with E-state index in [1.54, 1.807) is 20.9 Å². The number of hydrogen-bond donors (Lipinski definition) is 1. The summed E-state index contributed by atoms with van der Waals surface area (Å²) >= 11 is 0. The highest BCUT2D eigenvalue weighted by Gasteiger charge is 2.40. The molecule has 1 aromatic carbocycles. The summed E-state index contributed by atoms with van der Waals surface area (Å²) in [4.78, 5) is 13.5. The molecule has 1 N–H and O–H groups in total. The lowest BCUT2D eigenvalue weighted by Crippen LogP contribution is -2.38. The number of benzene rings is 1. The molecule has 0 saturated heterocycles. The lowest BCUT2D eigenvalue weighted by atomic mass is 9.92. The van der Waals surface area contributed by atoms with Crippen molar-refractivity contribution < 1.29 is 18.0 Å². The first kappa shape index (κ1) is 13.7. The number of rotatable bonds is 0. The lowest BCUT2D eigenvalue weighted by Gasteiger charge is -2.27. The van der Waals surface area contributed by atoms with Crippen molar-refractivity contribution in [2.45, 2.75) is 20.0 Å². The monoisotopic (exact) mass is 272 g/mol. The summed E-state index contributed by atoms with van der Waals surface area (Å²) in [5.74, 6) is -0.280. The summed E-state index contributed by atoms with van der Waals surface area (Å²) in [5, 5.41) is 2.57. The Balaban J connectivity index is 2.61. The Bertz CT molecular complexity index is 523. The van der Waals surface area contributed by atoms with Gasteiger partial charge < -0.3 is 10.2 Å². The van der Waals surface area contributed by atoms with Crippen LogP contribution in [0.15, 0.2) is 18.2 Å². The van der Waals surface area contributed by atoms with E-state index in [0.29, 0.717) is 0 Å². The highest BCUT2D eigenvalue weighted by atomic mass is 19.4. The average Bonchev–Trinajstić information content (AvgIpc) is 2.33. The Hall–Kier alpha value is -1.72. The topological polar surface area (TPSA) is 32.3 Å². The largest absolute Gasteiger partial charge is 0.418 e. The summed E-state index contributed by atoms with van der Waals surface area (Å²) < 4.78 is 39.1. The number of hydrogen-bond acceptors (Lipinski definition) is 2. The second-order valence-electron chi connectivity index (χ2n) is 5.39. The molecule has 0 aliphatic carbocycles. The number of halogens is 3. The minimum absolute atomic E-state index is 0.0222. The van der Waals surface area contributed by atoms with Gasteiger partial charge in [0.05, 0.1) is 22.4 Å². The third-order valence-electron chi connectivity index (χ3n) is 3.22. The van der Waals surface area contributed by atoms with E-state index in [-0.39, 0.29) is 23.8 Å². The second-order valence-corrected chi connectivity index (χ2v) is 5.39. The Morgan fingerprint density at radius 2 is 1.95 bits per heavy atom. The van der Waals surface area contributed by atoms with E-state index in [1.165, 1.54) is 17.0 Å². The molecule has 19 heavy (non-hydrogen) atoms. The van der Waals surface area contributed by atoms with E-state index >= 15 is 0 Å². The number of nitrogens with zero attached hydrogens (tertiary/aromatic N) is 1. The first-order chi connectivity index (χ1) is 8.63. The Kier molecular flexibility index (Phi) is 2.99. The zero-order chi connectivity index (χ0) is 14.4. The maximum absolute atomic E-state index is 13.0. The molecule has 6 heteroatoms. The summed E-state index contributed by atoms with van der Waals surface area (Å²) in [6.45, 7) is 3.63. The maximum Gasteiger partial charge on any atom is 0.418 e. The summed E-state index contributed by atoms with van der Waals surface area (Å²) in [6.07, 6.45) is -4.45. The Morgan fingerprint density at radius 1 is 1.32 bits per heavy atom. The molecule has 0 saturated carbocycles. The third kappa shape index (κ3) is 2.39. The molecule has 1 aliphatic heterocycles. The minimum atomic E-state index is -4.45. The fraction of sp³-hybridized carbons (Fsp3) is 0.462. The second kappa shape index (κ2) is 4.15. The van der Waals surface area contributed by atoms with Crippen LogP contribution in [0.2, 0.25) is 0 Å². The molecule has 1 aliphatic rings. The van der Waals surface area contributed by atoms with Gasteiger partial charge in [0.1, 0.15) is 0 Å². The average molecular weight is 272 g/mol. The molecule has 3 nitrogen and oxygen atoms in total. The predicted octanol–water partition coefficient (Wildman–Crippen LogP) is 3.12. The molecular weight excluding hydrogens is 257 g/mol. The van der Waals surface area contributed by atoms with Crippen LogP contribution in [0, 0.1) is 5.41 Å². The summed E-state index contributed by atoms with van der Waals surface area (Å²) in [7, 11) is 1.57. The standard InChI is InChI=1S/C13H15F3N2O/c1-12(2)7-18(3)10-8(13(14,15)16)5-4-6-9(10)17-11(12)19/h4-6H,7H2,1-3H3,(H,17,19). The molecule has 0 bridgehead atoms. The van der Waals surface area contributed by atoms with Crippen LogP contribution >= 0.6 is 0 Å². The van der Waals surface area contributed by atoms with Gasteiger partial charge in [-0.25, -0.2) is 0 Å². The van der Waals surface area contributed by atoms with Gasteiger partial charge in [0.2, 0.25) is 5.91 Å². The number of alkyl halides is 3. The zero-order valence-corrected chi connectivity index (χ0v) is 10.9. The maximum atomic E-state index is 13.0. The fourth-order valence-corrected chi connectivity index (χ4v) is 2.32. The van der Waals surface area contributed by atoms with Crippen molar-refractivity contribution in [2.24, 2.45) is 5.41 Å². The van der Waals surface area contributed by atoms with E-state index in [9.17, 15) is 18.0 Å². The van der Waals surface area contributed by atoms with Gasteiger partial charge in [0.25, 0.3) is 0 Å². The van der Waals surface area contributed by atoms with Gasteiger partial charge in [0.15, 0.2) is 0 Å². The van der Waals surface area contributed by atoms with Crippen molar-refractivity contribution in [1.82, 2.24) is 0 Å². The molecule has 0 aromatic heterocycles. The van der Waals surface area contributed by atoms with Crippen molar-refractivity contribution in [1.29, 1.82) is 0 Å². The quantitative estimate of drug-likeness (QED) is 0.787. The van der Waals surface area contributed by atoms with Gasteiger partial charge >= 0.3 is 6.18 Å². The van der Waals surface area contributed by atoms with Crippen LogP contribution in [0.25, 0.3) is 0 Å². The number of anilines is 2. The molecule has 1 amide bonds. The normalized spacial score (nSPS) is 18.6. The van der Waals surface area contributed by atoms with E-state index < -0.39 is 17.2 Å². The number of amides is 1. The van der Waals surface area contributed by atoms with Gasteiger partial charge in [-0.05, 0) is 26.0 Å². The van der Waals surface area contributed by atoms with Crippen LogP contribution in [-0.4, -0.2) is 19.5 Å². The van der Waals surface area contributed by atoms with Crippen LogP contribution < -0.4 is 10.2 Å². The number of para-hydroxylation sites is 1. The van der Waals surface area contributed by atoms with Gasteiger partial charge in [-0.3, -0.25) is 4.79 Å². The third-order valence-corrected chi connectivity index (χ3v) is 3.22. The Morgan fingerprint density at radius 3 is 2.53 bits per heavy atom. The van der Waals surface area contributed by atoms with Gasteiger partial charge in [-0.1, -0.05) is 6.07 Å². The summed E-state index contributed by atoms with van der Waals surface area (Å²) in [5.41, 5.74) is -1.26. The zero-order valence-electron chi connectivity index (χ0n) is 10.9. The minimum Gasteiger partial charge on any atom is -0.371 e. The van der Waals surface area contributed by atoms with Crippen molar-refractivity contribution in [3.8, 4) is 0 Å². The van der Waals surface area contributed by atoms with Crippen LogP contribution in [0.5, 0.6) is 0 Å². The number of carbonyl (C=O) groups is 1. The number of nitrogens with one attached hydrogen (secondary N) is 1. The first-order valence-electron chi connectivity index (χ1n) is 5.86. The van der Waals surface area contributed by atoms with Gasteiger partial charge in [-0.2, -0.15) is 13.2 Å². The molecular formula is C13H15F3N2O. The van der Waals surface area contributed by atoms with E-state index in [0.717, 1.165) is 6.07 Å². The van der Waals surface area contributed by atoms with Gasteiger partial charge in [-0.15, -0.1) is 0 Å². The molecule has 0 unspecified atom stereocenters. The predicted molar refractivity (Wildman–Crippen MR) is 67.1 cm³/mol.